The Labute approximate surface area is 93.0 Å². The molecule has 0 nitrogen and oxygen atoms in total. The molecule has 1 saturated carbocycles. The number of allylic oxidation sites excluding steroid dienone is 2. The van der Waals surface area contributed by atoms with E-state index < -0.39 is 0 Å². The Bertz CT molecular complexity index is 315. The van der Waals surface area contributed by atoms with Crippen molar-refractivity contribution in [2.24, 2.45) is 0 Å². The Morgan fingerprint density at radius 1 is 1.00 bits per heavy atom. The first-order valence-corrected chi connectivity index (χ1v) is 6.07. The maximum absolute atomic E-state index is 2.42. The second kappa shape index (κ2) is 4.65. The Balaban J connectivity index is 2.33. The molecule has 0 unspecified atom stereocenters. The highest BCUT2D eigenvalue weighted by molar-refractivity contribution is 5.31. The lowest BCUT2D eigenvalue weighted by Gasteiger charge is -2.35. The van der Waals surface area contributed by atoms with Crippen LogP contribution in [0.15, 0.2) is 42.5 Å². The Morgan fingerprint density at radius 3 is 2.27 bits per heavy atom. The lowest BCUT2D eigenvalue weighted by Crippen LogP contribution is -2.26. The van der Waals surface area contributed by atoms with E-state index in [9.17, 15) is 0 Å². The van der Waals surface area contributed by atoms with Crippen molar-refractivity contribution in [3.8, 4) is 0 Å². The van der Waals surface area contributed by atoms with Gasteiger partial charge in [-0.15, -0.1) is 0 Å². The van der Waals surface area contributed by atoms with Crippen LogP contribution in [0.25, 0.3) is 0 Å². The molecule has 1 aromatic carbocycles. The van der Waals surface area contributed by atoms with Crippen LogP contribution >= 0.6 is 0 Å². The number of rotatable bonds is 2. The SMILES string of the molecule is C/C=C/C1(c2ccccc2)CCCCC1. The monoisotopic (exact) mass is 200 g/mol. The molecule has 0 saturated heterocycles. The molecule has 0 aromatic heterocycles. The smallest absolute Gasteiger partial charge is 0.0132 e. The van der Waals surface area contributed by atoms with Gasteiger partial charge in [0, 0.05) is 5.41 Å². The van der Waals surface area contributed by atoms with Crippen molar-refractivity contribution in [3.05, 3.63) is 48.0 Å². The molecule has 0 heterocycles. The molecule has 80 valence electrons. The number of hydrogen-bond acceptors (Lipinski definition) is 0. The van der Waals surface area contributed by atoms with E-state index in [1.54, 1.807) is 0 Å². The van der Waals surface area contributed by atoms with Crippen molar-refractivity contribution < 1.29 is 0 Å². The first kappa shape index (κ1) is 10.5. The lowest BCUT2D eigenvalue weighted by atomic mass is 9.69. The van der Waals surface area contributed by atoms with Crippen LogP contribution in [0.5, 0.6) is 0 Å². The van der Waals surface area contributed by atoms with Gasteiger partial charge in [-0.25, -0.2) is 0 Å². The van der Waals surface area contributed by atoms with Gasteiger partial charge < -0.3 is 0 Å². The molecule has 0 aliphatic heterocycles. The van der Waals surface area contributed by atoms with Gasteiger partial charge in [-0.05, 0) is 25.3 Å². The van der Waals surface area contributed by atoms with E-state index in [0.29, 0.717) is 5.41 Å². The predicted molar refractivity (Wildman–Crippen MR) is 66.0 cm³/mol. The molecule has 0 bridgehead atoms. The summed E-state index contributed by atoms with van der Waals surface area (Å²) in [4.78, 5) is 0. The molecule has 1 aromatic rings. The average Bonchev–Trinajstić information content (AvgIpc) is 2.32. The minimum atomic E-state index is 0.342. The molecule has 0 spiro atoms. The van der Waals surface area contributed by atoms with E-state index in [-0.39, 0.29) is 0 Å². The molecule has 1 aliphatic rings. The number of benzene rings is 1. The number of hydrogen-bond donors (Lipinski definition) is 0. The first-order chi connectivity index (χ1) is 7.37. The molecule has 0 heteroatoms. The summed E-state index contributed by atoms with van der Waals surface area (Å²) < 4.78 is 0. The highest BCUT2D eigenvalue weighted by atomic mass is 14.3. The van der Waals surface area contributed by atoms with Crippen LogP contribution < -0.4 is 0 Å². The average molecular weight is 200 g/mol. The molecule has 0 amide bonds. The molecule has 0 radical (unpaired) electrons. The van der Waals surface area contributed by atoms with E-state index in [1.165, 1.54) is 37.7 Å². The van der Waals surface area contributed by atoms with Crippen molar-refractivity contribution >= 4 is 0 Å². The third-order valence-corrected chi connectivity index (χ3v) is 3.58. The van der Waals surface area contributed by atoms with E-state index in [2.05, 4.69) is 49.4 Å². The summed E-state index contributed by atoms with van der Waals surface area (Å²) >= 11 is 0. The topological polar surface area (TPSA) is 0 Å². The van der Waals surface area contributed by atoms with Gasteiger partial charge in [0.15, 0.2) is 0 Å². The quantitative estimate of drug-likeness (QED) is 0.618. The zero-order valence-electron chi connectivity index (χ0n) is 9.58. The van der Waals surface area contributed by atoms with Crippen LogP contribution in [-0.2, 0) is 5.41 Å². The Kier molecular flexibility index (Phi) is 3.25. The van der Waals surface area contributed by atoms with Gasteiger partial charge >= 0.3 is 0 Å². The van der Waals surface area contributed by atoms with E-state index >= 15 is 0 Å². The summed E-state index contributed by atoms with van der Waals surface area (Å²) in [5.41, 5.74) is 1.84. The van der Waals surface area contributed by atoms with Crippen LogP contribution in [0.1, 0.15) is 44.6 Å². The van der Waals surface area contributed by atoms with Crippen LogP contribution in [-0.4, -0.2) is 0 Å². The standard InChI is InChI=1S/C15H20/c1-2-11-15(12-7-4-8-13-15)14-9-5-3-6-10-14/h2-3,5-6,9-11H,4,7-8,12-13H2,1H3/b11-2+. The van der Waals surface area contributed by atoms with Crippen LogP contribution in [0.2, 0.25) is 0 Å². The second-order valence-corrected chi connectivity index (χ2v) is 4.58. The largest absolute Gasteiger partial charge is 0.0908 e. The summed E-state index contributed by atoms with van der Waals surface area (Å²) in [5, 5.41) is 0. The summed E-state index contributed by atoms with van der Waals surface area (Å²) in [6, 6.07) is 11.0. The minimum absolute atomic E-state index is 0.342. The Hall–Kier alpha value is -1.04. The van der Waals surface area contributed by atoms with Gasteiger partial charge in [0.25, 0.3) is 0 Å². The van der Waals surface area contributed by atoms with E-state index in [4.69, 9.17) is 0 Å². The van der Waals surface area contributed by atoms with Crippen molar-refractivity contribution in [2.75, 3.05) is 0 Å². The van der Waals surface area contributed by atoms with Gasteiger partial charge in [-0.3, -0.25) is 0 Å². The highest BCUT2D eigenvalue weighted by Crippen LogP contribution is 2.40. The predicted octanol–water partition coefficient (Wildman–Crippen LogP) is 4.46. The molecule has 1 aliphatic carbocycles. The van der Waals surface area contributed by atoms with Gasteiger partial charge in [0.1, 0.15) is 0 Å². The molecule has 1 fully saturated rings. The van der Waals surface area contributed by atoms with Crippen molar-refractivity contribution in [2.45, 2.75) is 44.4 Å². The molecule has 0 atom stereocenters. The van der Waals surface area contributed by atoms with Gasteiger partial charge in [0.05, 0.1) is 0 Å². The lowest BCUT2D eigenvalue weighted by molar-refractivity contribution is 0.357. The zero-order chi connectivity index (χ0) is 10.6. The van der Waals surface area contributed by atoms with Crippen LogP contribution in [0.3, 0.4) is 0 Å². The van der Waals surface area contributed by atoms with E-state index in [0.717, 1.165) is 0 Å². The fourth-order valence-corrected chi connectivity index (χ4v) is 2.82. The molecular formula is C15H20. The van der Waals surface area contributed by atoms with Crippen molar-refractivity contribution in [1.29, 1.82) is 0 Å². The van der Waals surface area contributed by atoms with Gasteiger partial charge in [0.2, 0.25) is 0 Å². The summed E-state index contributed by atoms with van der Waals surface area (Å²) in [7, 11) is 0. The fourth-order valence-electron chi connectivity index (χ4n) is 2.82. The summed E-state index contributed by atoms with van der Waals surface area (Å²) in [6.45, 7) is 2.14. The molecule has 2 rings (SSSR count). The molecular weight excluding hydrogens is 180 g/mol. The summed E-state index contributed by atoms with van der Waals surface area (Å²) in [6.07, 6.45) is 11.4. The summed E-state index contributed by atoms with van der Waals surface area (Å²) in [5.74, 6) is 0. The van der Waals surface area contributed by atoms with E-state index in [1.807, 2.05) is 0 Å². The highest BCUT2D eigenvalue weighted by Gasteiger charge is 2.30. The molecule has 0 N–H and O–H groups in total. The molecule has 15 heavy (non-hydrogen) atoms. The van der Waals surface area contributed by atoms with Crippen LogP contribution in [0, 0.1) is 0 Å². The fraction of sp³-hybridized carbons (Fsp3) is 0.467. The zero-order valence-corrected chi connectivity index (χ0v) is 9.58. The second-order valence-electron chi connectivity index (χ2n) is 4.58. The van der Waals surface area contributed by atoms with Crippen molar-refractivity contribution in [3.63, 3.8) is 0 Å². The first-order valence-electron chi connectivity index (χ1n) is 6.07. The Morgan fingerprint density at radius 2 is 1.67 bits per heavy atom. The third kappa shape index (κ3) is 2.14. The van der Waals surface area contributed by atoms with Crippen molar-refractivity contribution in [1.82, 2.24) is 0 Å². The maximum Gasteiger partial charge on any atom is 0.0132 e. The van der Waals surface area contributed by atoms with Gasteiger partial charge in [-0.1, -0.05) is 61.7 Å². The van der Waals surface area contributed by atoms with Crippen LogP contribution in [0.4, 0.5) is 0 Å². The minimum Gasteiger partial charge on any atom is -0.0908 e. The third-order valence-electron chi connectivity index (χ3n) is 3.58. The normalized spacial score (nSPS) is 20.6. The van der Waals surface area contributed by atoms with Gasteiger partial charge in [-0.2, -0.15) is 0 Å². The maximum atomic E-state index is 2.42.